The van der Waals surface area contributed by atoms with Crippen LogP contribution in [0.25, 0.3) is 0 Å². The van der Waals surface area contributed by atoms with Gasteiger partial charge in [0, 0.05) is 24.4 Å². The zero-order valence-electron chi connectivity index (χ0n) is 13.2. The molecule has 1 heterocycles. The van der Waals surface area contributed by atoms with Crippen molar-refractivity contribution in [3.63, 3.8) is 0 Å². The maximum absolute atomic E-state index is 12.2. The fraction of sp³-hybridized carbons (Fsp3) is 0.556. The second-order valence-corrected chi connectivity index (χ2v) is 6.62. The number of rotatable bonds is 5. The topological polar surface area (TPSA) is 58.2 Å². The molecule has 1 atom stereocenters. The van der Waals surface area contributed by atoms with E-state index >= 15 is 0 Å². The highest BCUT2D eigenvalue weighted by molar-refractivity contribution is 5.80. The van der Waals surface area contributed by atoms with Gasteiger partial charge in [0.1, 0.15) is 0 Å². The predicted octanol–water partition coefficient (Wildman–Crippen LogP) is 2.11. The lowest BCUT2D eigenvalue weighted by Gasteiger charge is -2.27. The van der Waals surface area contributed by atoms with Crippen molar-refractivity contribution in [1.29, 1.82) is 0 Å². The molecule has 4 heteroatoms. The van der Waals surface area contributed by atoms with Gasteiger partial charge in [0.05, 0.1) is 0 Å². The molecule has 1 aliphatic carbocycles. The first-order chi connectivity index (χ1) is 10.6. The molecule has 1 fully saturated rings. The molecule has 1 saturated heterocycles. The lowest BCUT2D eigenvalue weighted by Crippen LogP contribution is -2.43. The van der Waals surface area contributed by atoms with Crippen molar-refractivity contribution >= 4 is 11.8 Å². The summed E-state index contributed by atoms with van der Waals surface area (Å²) in [6.07, 6.45) is 5.41. The van der Waals surface area contributed by atoms with Gasteiger partial charge in [0.15, 0.2) is 0 Å². The molecule has 0 radical (unpaired) electrons. The third kappa shape index (κ3) is 3.16. The minimum absolute atomic E-state index is 0.104. The van der Waals surface area contributed by atoms with Crippen molar-refractivity contribution in [3.05, 3.63) is 35.4 Å². The van der Waals surface area contributed by atoms with Gasteiger partial charge in [0.25, 0.3) is 0 Å². The highest BCUT2D eigenvalue weighted by Gasteiger charge is 2.36. The summed E-state index contributed by atoms with van der Waals surface area (Å²) in [6.45, 7) is 2.08. The van der Waals surface area contributed by atoms with E-state index < -0.39 is 0 Å². The Balaban J connectivity index is 1.49. The molecule has 2 amide bonds. The lowest BCUT2D eigenvalue weighted by molar-refractivity contribution is -0.123. The molecular weight excluding hydrogens is 276 g/mol. The van der Waals surface area contributed by atoms with Crippen LogP contribution in [-0.2, 0) is 22.4 Å². The molecular formula is C18H24N2O2. The van der Waals surface area contributed by atoms with Crippen LogP contribution in [0.15, 0.2) is 24.3 Å². The monoisotopic (exact) mass is 300 g/mol. The SMILES string of the molecule is CCC1(CCC(=O)NC2Cc3ccccc3C2)CCC(=O)N1. The highest BCUT2D eigenvalue weighted by Crippen LogP contribution is 2.28. The van der Waals surface area contributed by atoms with E-state index in [1.165, 1.54) is 11.1 Å². The normalized spacial score (nSPS) is 24.1. The van der Waals surface area contributed by atoms with Crippen LogP contribution in [0.5, 0.6) is 0 Å². The van der Waals surface area contributed by atoms with Crippen molar-refractivity contribution in [3.8, 4) is 0 Å². The van der Waals surface area contributed by atoms with Gasteiger partial charge in [-0.15, -0.1) is 0 Å². The zero-order valence-corrected chi connectivity index (χ0v) is 13.2. The predicted molar refractivity (Wildman–Crippen MR) is 85.4 cm³/mol. The van der Waals surface area contributed by atoms with Gasteiger partial charge in [-0.1, -0.05) is 31.2 Å². The average Bonchev–Trinajstić information content (AvgIpc) is 3.08. The Kier molecular flexibility index (Phi) is 4.19. The van der Waals surface area contributed by atoms with Crippen LogP contribution < -0.4 is 10.6 Å². The number of benzene rings is 1. The Bertz CT molecular complexity index is 559. The molecule has 1 aromatic rings. The first-order valence-corrected chi connectivity index (χ1v) is 8.27. The van der Waals surface area contributed by atoms with Gasteiger partial charge in [0.2, 0.25) is 11.8 Å². The number of carbonyl (C=O) groups is 2. The summed E-state index contributed by atoms with van der Waals surface area (Å²) in [5.74, 6) is 0.222. The van der Waals surface area contributed by atoms with Crippen LogP contribution in [0.3, 0.4) is 0 Å². The quantitative estimate of drug-likeness (QED) is 0.875. The highest BCUT2D eigenvalue weighted by atomic mass is 16.2. The maximum Gasteiger partial charge on any atom is 0.220 e. The molecule has 2 N–H and O–H groups in total. The fourth-order valence-electron chi connectivity index (χ4n) is 3.72. The summed E-state index contributed by atoms with van der Waals surface area (Å²) in [5, 5.41) is 6.21. The molecule has 2 aliphatic rings. The van der Waals surface area contributed by atoms with Crippen molar-refractivity contribution in [1.82, 2.24) is 10.6 Å². The zero-order chi connectivity index (χ0) is 15.6. The van der Waals surface area contributed by atoms with E-state index in [1.54, 1.807) is 0 Å². The minimum Gasteiger partial charge on any atom is -0.353 e. The number of carbonyl (C=O) groups excluding carboxylic acids is 2. The molecule has 22 heavy (non-hydrogen) atoms. The summed E-state index contributed by atoms with van der Waals surface area (Å²) in [5.41, 5.74) is 2.54. The van der Waals surface area contributed by atoms with Gasteiger partial charge in [-0.05, 0) is 43.2 Å². The third-order valence-corrected chi connectivity index (χ3v) is 5.16. The fourth-order valence-corrected chi connectivity index (χ4v) is 3.72. The summed E-state index contributed by atoms with van der Waals surface area (Å²) < 4.78 is 0. The van der Waals surface area contributed by atoms with E-state index in [9.17, 15) is 9.59 Å². The minimum atomic E-state index is -0.160. The van der Waals surface area contributed by atoms with Crippen LogP contribution >= 0.6 is 0 Å². The molecule has 4 nitrogen and oxygen atoms in total. The number of hydrogen-bond acceptors (Lipinski definition) is 2. The largest absolute Gasteiger partial charge is 0.353 e. The van der Waals surface area contributed by atoms with Crippen molar-refractivity contribution in [2.24, 2.45) is 0 Å². The number of nitrogens with one attached hydrogen (secondary N) is 2. The van der Waals surface area contributed by atoms with Crippen LogP contribution in [0, 0.1) is 0 Å². The standard InChI is InChI=1S/C18H24N2O2/c1-2-18(10-8-17(22)20-18)9-7-16(21)19-15-11-13-5-3-4-6-14(13)12-15/h3-6,15H,2,7-12H2,1H3,(H,19,21)(H,20,22). The van der Waals surface area contributed by atoms with E-state index in [4.69, 9.17) is 0 Å². The van der Waals surface area contributed by atoms with E-state index in [1.807, 2.05) is 0 Å². The molecule has 0 bridgehead atoms. The first-order valence-electron chi connectivity index (χ1n) is 8.27. The Morgan fingerprint density at radius 3 is 2.55 bits per heavy atom. The number of fused-ring (bicyclic) bond motifs is 1. The second-order valence-electron chi connectivity index (χ2n) is 6.62. The first kappa shape index (κ1) is 15.1. The van der Waals surface area contributed by atoms with E-state index in [2.05, 4.69) is 41.8 Å². The Hall–Kier alpha value is -1.84. The molecule has 118 valence electrons. The van der Waals surface area contributed by atoms with Crippen molar-refractivity contribution in [2.45, 2.75) is 63.5 Å². The molecule has 0 aromatic heterocycles. The third-order valence-electron chi connectivity index (χ3n) is 5.16. The molecule has 0 spiro atoms. The number of amides is 2. The Morgan fingerprint density at radius 1 is 1.32 bits per heavy atom. The summed E-state index contributed by atoms with van der Waals surface area (Å²) in [6, 6.07) is 8.61. The molecule has 0 saturated carbocycles. The molecule has 1 unspecified atom stereocenters. The van der Waals surface area contributed by atoms with Crippen molar-refractivity contribution in [2.75, 3.05) is 0 Å². The van der Waals surface area contributed by atoms with Crippen LogP contribution in [-0.4, -0.2) is 23.4 Å². The van der Waals surface area contributed by atoms with E-state index in [-0.39, 0.29) is 23.4 Å². The Morgan fingerprint density at radius 2 is 2.00 bits per heavy atom. The summed E-state index contributed by atoms with van der Waals surface area (Å²) >= 11 is 0. The number of hydrogen-bond donors (Lipinski definition) is 2. The second kappa shape index (κ2) is 6.11. The summed E-state index contributed by atoms with van der Waals surface area (Å²) in [7, 11) is 0. The molecule has 1 aliphatic heterocycles. The van der Waals surface area contributed by atoms with Gasteiger partial charge < -0.3 is 10.6 Å². The smallest absolute Gasteiger partial charge is 0.220 e. The van der Waals surface area contributed by atoms with Crippen LogP contribution in [0.4, 0.5) is 0 Å². The van der Waals surface area contributed by atoms with Gasteiger partial charge >= 0.3 is 0 Å². The molecule has 3 rings (SSSR count). The summed E-state index contributed by atoms with van der Waals surface area (Å²) in [4.78, 5) is 23.7. The Labute approximate surface area is 131 Å². The van der Waals surface area contributed by atoms with Crippen molar-refractivity contribution < 1.29 is 9.59 Å². The van der Waals surface area contributed by atoms with E-state index in [0.717, 1.165) is 32.1 Å². The van der Waals surface area contributed by atoms with Gasteiger partial charge in [-0.3, -0.25) is 9.59 Å². The molecule has 1 aromatic carbocycles. The van der Waals surface area contributed by atoms with Gasteiger partial charge in [-0.2, -0.15) is 0 Å². The van der Waals surface area contributed by atoms with E-state index in [0.29, 0.717) is 12.8 Å². The van der Waals surface area contributed by atoms with Crippen LogP contribution in [0.1, 0.15) is 50.2 Å². The maximum atomic E-state index is 12.2. The van der Waals surface area contributed by atoms with Crippen LogP contribution in [0.2, 0.25) is 0 Å². The lowest BCUT2D eigenvalue weighted by atomic mass is 9.89. The van der Waals surface area contributed by atoms with Gasteiger partial charge in [-0.25, -0.2) is 0 Å². The average molecular weight is 300 g/mol.